The Morgan fingerprint density at radius 2 is 1.83 bits per heavy atom. The maximum Gasteiger partial charge on any atom is 0.471 e. The Labute approximate surface area is 128 Å². The molecule has 1 saturated heterocycles. The van der Waals surface area contributed by atoms with Crippen LogP contribution in [-0.4, -0.2) is 35.0 Å². The fourth-order valence-electron chi connectivity index (χ4n) is 3.49. The van der Waals surface area contributed by atoms with Crippen LogP contribution in [0.5, 0.6) is 0 Å². The summed E-state index contributed by atoms with van der Waals surface area (Å²) in [7, 11) is 0. The molecule has 3 atom stereocenters. The maximum atomic E-state index is 12.4. The number of nitro benzene ring substituents is 1. The highest BCUT2D eigenvalue weighted by atomic mass is 19.4. The van der Waals surface area contributed by atoms with Crippen LogP contribution in [0.3, 0.4) is 0 Å². The van der Waals surface area contributed by atoms with E-state index in [-0.39, 0.29) is 30.6 Å². The van der Waals surface area contributed by atoms with Crippen molar-refractivity contribution in [1.29, 1.82) is 5.26 Å². The fraction of sp³-hybridized carbons (Fsp3) is 0.429. The number of nitrogens with zero attached hydrogens (tertiary/aromatic N) is 3. The van der Waals surface area contributed by atoms with Crippen molar-refractivity contribution < 1.29 is 22.9 Å². The summed E-state index contributed by atoms with van der Waals surface area (Å²) in [6, 6.07) is 7.57. The van der Waals surface area contributed by atoms with Gasteiger partial charge in [-0.05, 0) is 5.56 Å². The number of carbonyl (C=O) groups excluding carboxylic acids is 1. The summed E-state index contributed by atoms with van der Waals surface area (Å²) in [6.07, 6.45) is -4.92. The molecule has 3 rings (SSSR count). The number of non-ortho nitro benzene ring substituents is 1. The van der Waals surface area contributed by atoms with E-state index in [1.54, 1.807) is 0 Å². The number of amides is 1. The minimum atomic E-state index is -4.92. The summed E-state index contributed by atoms with van der Waals surface area (Å²) in [5, 5.41) is 20.1. The number of fused-ring (bicyclic) bond motifs is 1. The van der Waals surface area contributed by atoms with Crippen LogP contribution in [0.4, 0.5) is 18.9 Å². The van der Waals surface area contributed by atoms with Gasteiger partial charge < -0.3 is 4.90 Å². The summed E-state index contributed by atoms with van der Waals surface area (Å²) < 4.78 is 37.3. The van der Waals surface area contributed by atoms with Gasteiger partial charge in [-0.3, -0.25) is 14.9 Å². The lowest BCUT2D eigenvalue weighted by molar-refractivity contribution is -0.384. The van der Waals surface area contributed by atoms with E-state index in [1.807, 2.05) is 0 Å². The standard InChI is InChI=1S/C14H10F3N3O3/c15-14(16,17)12(21)19-5-10-11(6-19)13(10,7-18)8-1-3-9(4-2-8)20(22)23/h1-4,10-11H,5-6H2/t10-,11+,13?. The molecule has 2 fully saturated rings. The highest BCUT2D eigenvalue weighted by Gasteiger charge is 2.71. The molecule has 120 valence electrons. The topological polar surface area (TPSA) is 87.2 Å². The average Bonchev–Trinajstić information content (AvgIpc) is 2.88. The zero-order chi connectivity index (χ0) is 17.0. The molecule has 9 heteroatoms. The normalized spacial score (nSPS) is 28.9. The molecular formula is C14H10F3N3O3. The summed E-state index contributed by atoms with van der Waals surface area (Å²) in [4.78, 5) is 22.0. The number of nitro groups is 1. The Kier molecular flexibility index (Phi) is 3.11. The number of rotatable bonds is 2. The third kappa shape index (κ3) is 2.13. The summed E-state index contributed by atoms with van der Waals surface area (Å²) in [5.41, 5.74) is -0.543. The molecule has 0 aromatic heterocycles. The van der Waals surface area contributed by atoms with Gasteiger partial charge >= 0.3 is 12.1 Å². The highest BCUT2D eigenvalue weighted by Crippen LogP contribution is 2.63. The van der Waals surface area contributed by atoms with Crippen LogP contribution >= 0.6 is 0 Å². The van der Waals surface area contributed by atoms with Gasteiger partial charge in [0.15, 0.2) is 0 Å². The molecule has 1 aliphatic carbocycles. The lowest BCUT2D eigenvalue weighted by atomic mass is 9.91. The molecule has 1 aromatic carbocycles. The van der Waals surface area contributed by atoms with Gasteiger partial charge in [-0.15, -0.1) is 0 Å². The van der Waals surface area contributed by atoms with E-state index in [1.165, 1.54) is 24.3 Å². The van der Waals surface area contributed by atoms with E-state index < -0.39 is 22.4 Å². The first-order valence-electron chi connectivity index (χ1n) is 6.74. The van der Waals surface area contributed by atoms with E-state index in [0.29, 0.717) is 5.56 Å². The van der Waals surface area contributed by atoms with Crippen LogP contribution in [0.1, 0.15) is 5.56 Å². The number of piperidine rings is 1. The molecule has 1 heterocycles. The van der Waals surface area contributed by atoms with E-state index >= 15 is 0 Å². The van der Waals surface area contributed by atoms with Crippen molar-refractivity contribution >= 4 is 11.6 Å². The minimum absolute atomic E-state index is 0.124. The fourth-order valence-corrected chi connectivity index (χ4v) is 3.49. The second kappa shape index (κ2) is 4.68. The molecule has 1 amide bonds. The molecule has 0 N–H and O–H groups in total. The smallest absolute Gasteiger partial charge is 0.334 e. The van der Waals surface area contributed by atoms with Gasteiger partial charge in [0, 0.05) is 37.1 Å². The summed E-state index contributed by atoms with van der Waals surface area (Å²) in [5.74, 6) is -2.64. The number of carbonyl (C=O) groups is 1. The first-order chi connectivity index (χ1) is 10.7. The number of hydrogen-bond acceptors (Lipinski definition) is 4. The second-order valence-corrected chi connectivity index (χ2v) is 5.71. The molecule has 6 nitrogen and oxygen atoms in total. The number of nitriles is 1. The SMILES string of the molecule is N#CC1(c2ccc([N+](=O)[O-])cc2)[C@@H]2CN(C(=O)C(F)(F)F)C[C@@H]21. The predicted octanol–water partition coefficient (Wildman–Crippen LogP) is 2.01. The van der Waals surface area contributed by atoms with Crippen molar-refractivity contribution in [3.8, 4) is 6.07 Å². The summed E-state index contributed by atoms with van der Waals surface area (Å²) >= 11 is 0. The average molecular weight is 325 g/mol. The van der Waals surface area contributed by atoms with Gasteiger partial charge in [0.25, 0.3) is 5.69 Å². The van der Waals surface area contributed by atoms with Gasteiger partial charge in [-0.25, -0.2) is 0 Å². The Morgan fingerprint density at radius 3 is 2.22 bits per heavy atom. The molecule has 2 aliphatic rings. The van der Waals surface area contributed by atoms with E-state index in [2.05, 4.69) is 6.07 Å². The molecule has 1 aliphatic heterocycles. The van der Waals surface area contributed by atoms with Crippen molar-refractivity contribution in [3.05, 3.63) is 39.9 Å². The van der Waals surface area contributed by atoms with E-state index in [9.17, 15) is 33.3 Å². The molecule has 23 heavy (non-hydrogen) atoms. The van der Waals surface area contributed by atoms with Crippen molar-refractivity contribution in [2.75, 3.05) is 13.1 Å². The molecule has 1 unspecified atom stereocenters. The zero-order valence-corrected chi connectivity index (χ0v) is 11.6. The highest BCUT2D eigenvalue weighted by molar-refractivity contribution is 5.82. The van der Waals surface area contributed by atoms with Crippen LogP contribution in [0, 0.1) is 33.3 Å². The first kappa shape index (κ1) is 15.3. The number of alkyl halides is 3. The maximum absolute atomic E-state index is 12.4. The third-order valence-corrected chi connectivity index (χ3v) is 4.65. The van der Waals surface area contributed by atoms with E-state index in [0.717, 1.165) is 4.90 Å². The van der Waals surface area contributed by atoms with Gasteiger partial charge in [0.1, 0.15) is 0 Å². The second-order valence-electron chi connectivity index (χ2n) is 5.71. The lowest BCUT2D eigenvalue weighted by Gasteiger charge is -2.23. The molecule has 1 aromatic rings. The largest absolute Gasteiger partial charge is 0.471 e. The lowest BCUT2D eigenvalue weighted by Crippen LogP contribution is -2.42. The Balaban J connectivity index is 1.79. The van der Waals surface area contributed by atoms with E-state index in [4.69, 9.17) is 0 Å². The van der Waals surface area contributed by atoms with Crippen molar-refractivity contribution in [2.45, 2.75) is 11.6 Å². The number of halogens is 3. The van der Waals surface area contributed by atoms with Crippen molar-refractivity contribution in [1.82, 2.24) is 4.90 Å². The monoisotopic (exact) mass is 325 g/mol. The number of benzene rings is 1. The Bertz CT molecular complexity index is 712. The van der Waals surface area contributed by atoms with Crippen LogP contribution in [0.25, 0.3) is 0 Å². The number of likely N-dealkylation sites (tertiary alicyclic amines) is 1. The quantitative estimate of drug-likeness (QED) is 0.615. The van der Waals surface area contributed by atoms with Crippen molar-refractivity contribution in [3.63, 3.8) is 0 Å². The van der Waals surface area contributed by atoms with Gasteiger partial charge in [0.05, 0.1) is 16.4 Å². The van der Waals surface area contributed by atoms with Gasteiger partial charge in [-0.2, -0.15) is 18.4 Å². The van der Waals surface area contributed by atoms with Crippen LogP contribution in [0.15, 0.2) is 24.3 Å². The Morgan fingerprint density at radius 1 is 1.30 bits per heavy atom. The van der Waals surface area contributed by atoms with Crippen LogP contribution < -0.4 is 0 Å². The molecular weight excluding hydrogens is 315 g/mol. The summed E-state index contributed by atoms with van der Waals surface area (Å²) in [6.45, 7) is -0.263. The zero-order valence-electron chi connectivity index (χ0n) is 11.6. The molecule has 0 bridgehead atoms. The third-order valence-electron chi connectivity index (χ3n) is 4.65. The van der Waals surface area contributed by atoms with Crippen molar-refractivity contribution in [2.24, 2.45) is 11.8 Å². The van der Waals surface area contributed by atoms with Gasteiger partial charge in [-0.1, -0.05) is 12.1 Å². The predicted molar refractivity (Wildman–Crippen MR) is 70.0 cm³/mol. The van der Waals surface area contributed by atoms with Crippen LogP contribution in [-0.2, 0) is 10.2 Å². The number of hydrogen-bond donors (Lipinski definition) is 0. The van der Waals surface area contributed by atoms with Gasteiger partial charge in [0.2, 0.25) is 0 Å². The molecule has 0 radical (unpaired) electrons. The first-order valence-corrected chi connectivity index (χ1v) is 6.74. The Hall–Kier alpha value is -2.63. The molecule has 0 spiro atoms. The molecule has 1 saturated carbocycles. The van der Waals surface area contributed by atoms with Crippen LogP contribution in [0.2, 0.25) is 0 Å². The minimum Gasteiger partial charge on any atom is -0.334 e.